The third kappa shape index (κ3) is 3.34. The maximum absolute atomic E-state index is 13.0. The Balaban J connectivity index is 2.26. The molecule has 1 unspecified atom stereocenters. The summed E-state index contributed by atoms with van der Waals surface area (Å²) in [5, 5.41) is 20.4. The average Bonchev–Trinajstić information content (AvgIpc) is 2.61. The number of fused-ring (bicyclic) bond motifs is 1. The summed E-state index contributed by atoms with van der Waals surface area (Å²) in [6.07, 6.45) is 1.17. The topological polar surface area (TPSA) is 101 Å². The van der Waals surface area contributed by atoms with Crippen LogP contribution in [-0.4, -0.2) is 32.7 Å². The second kappa shape index (κ2) is 7.05. The number of aromatic nitrogens is 2. The van der Waals surface area contributed by atoms with Gasteiger partial charge >= 0.3 is 5.97 Å². The summed E-state index contributed by atoms with van der Waals surface area (Å²) in [5.41, 5.74) is 0.0352. The molecule has 0 aliphatic carbocycles. The van der Waals surface area contributed by atoms with Crippen molar-refractivity contribution in [3.05, 3.63) is 69.1 Å². The normalized spacial score (nSPS) is 12.1. The molecule has 7 nitrogen and oxygen atoms in total. The highest BCUT2D eigenvalue weighted by molar-refractivity contribution is 6.30. The monoisotopic (exact) mass is 374 g/mol. The van der Waals surface area contributed by atoms with Gasteiger partial charge in [-0.1, -0.05) is 23.7 Å². The zero-order chi connectivity index (χ0) is 18.8. The standard InChI is InChI=1S/C18H15ClN2O5/c1-26-15(23)8-13(10-3-2-4-12(22)7-10)16-17(24)20-14-6-5-11(19)9-21(14)18(16)25/h2-7,9,13,22,24H,8H2,1H3. The highest BCUT2D eigenvalue weighted by Gasteiger charge is 2.27. The minimum Gasteiger partial charge on any atom is -0.508 e. The summed E-state index contributed by atoms with van der Waals surface area (Å²) in [4.78, 5) is 28.9. The summed E-state index contributed by atoms with van der Waals surface area (Å²) in [6, 6.07) is 9.14. The van der Waals surface area contributed by atoms with Gasteiger partial charge in [-0.25, -0.2) is 0 Å². The van der Waals surface area contributed by atoms with E-state index in [1.165, 1.54) is 35.9 Å². The lowest BCUT2D eigenvalue weighted by molar-refractivity contribution is -0.140. The van der Waals surface area contributed by atoms with Crippen LogP contribution < -0.4 is 5.56 Å². The van der Waals surface area contributed by atoms with Crippen molar-refractivity contribution in [1.82, 2.24) is 9.38 Å². The fraction of sp³-hybridized carbons (Fsp3) is 0.167. The molecule has 134 valence electrons. The van der Waals surface area contributed by atoms with E-state index in [-0.39, 0.29) is 23.4 Å². The quantitative estimate of drug-likeness (QED) is 0.680. The molecule has 0 amide bonds. The van der Waals surface area contributed by atoms with Crippen molar-refractivity contribution < 1.29 is 19.7 Å². The summed E-state index contributed by atoms with van der Waals surface area (Å²) >= 11 is 5.95. The van der Waals surface area contributed by atoms with E-state index in [0.29, 0.717) is 10.6 Å². The fourth-order valence-corrected chi connectivity index (χ4v) is 2.96. The second-order valence-electron chi connectivity index (χ2n) is 5.66. The number of benzene rings is 1. The largest absolute Gasteiger partial charge is 0.508 e. The van der Waals surface area contributed by atoms with Gasteiger partial charge in [0.25, 0.3) is 5.56 Å². The molecule has 8 heteroatoms. The minimum atomic E-state index is -0.856. The lowest BCUT2D eigenvalue weighted by Crippen LogP contribution is -2.24. The number of methoxy groups -OCH3 is 1. The predicted molar refractivity (Wildman–Crippen MR) is 94.7 cm³/mol. The van der Waals surface area contributed by atoms with Gasteiger partial charge in [-0.05, 0) is 29.8 Å². The molecule has 2 aromatic heterocycles. The molecule has 3 rings (SSSR count). The average molecular weight is 375 g/mol. The summed E-state index contributed by atoms with van der Waals surface area (Å²) in [6.45, 7) is 0. The molecule has 2 heterocycles. The molecule has 0 bridgehead atoms. The molecule has 1 aromatic carbocycles. The second-order valence-corrected chi connectivity index (χ2v) is 6.09. The van der Waals surface area contributed by atoms with Gasteiger partial charge in [0, 0.05) is 12.1 Å². The first-order valence-electron chi connectivity index (χ1n) is 7.67. The molecule has 0 fully saturated rings. The van der Waals surface area contributed by atoms with Gasteiger partial charge in [0.2, 0.25) is 5.88 Å². The fourth-order valence-electron chi connectivity index (χ4n) is 2.80. The van der Waals surface area contributed by atoms with Crippen LogP contribution >= 0.6 is 11.6 Å². The van der Waals surface area contributed by atoms with Crippen molar-refractivity contribution in [2.75, 3.05) is 7.11 Å². The van der Waals surface area contributed by atoms with Crippen molar-refractivity contribution in [2.24, 2.45) is 0 Å². The molecule has 0 saturated heterocycles. The van der Waals surface area contributed by atoms with Crippen LogP contribution in [0.3, 0.4) is 0 Å². The van der Waals surface area contributed by atoms with Crippen molar-refractivity contribution in [3.8, 4) is 11.6 Å². The first kappa shape index (κ1) is 17.8. The van der Waals surface area contributed by atoms with Gasteiger partial charge in [-0.3, -0.25) is 14.0 Å². The Labute approximate surface area is 153 Å². The van der Waals surface area contributed by atoms with Gasteiger partial charge in [-0.15, -0.1) is 0 Å². The lowest BCUT2D eigenvalue weighted by atomic mass is 9.89. The van der Waals surface area contributed by atoms with Crippen LogP contribution in [0.15, 0.2) is 47.4 Å². The number of halogens is 1. The third-order valence-electron chi connectivity index (χ3n) is 4.02. The number of pyridine rings is 1. The zero-order valence-electron chi connectivity index (χ0n) is 13.7. The molecule has 0 spiro atoms. The number of nitrogens with zero attached hydrogens (tertiary/aromatic N) is 2. The number of aromatic hydroxyl groups is 2. The van der Waals surface area contributed by atoms with E-state index in [9.17, 15) is 19.8 Å². The van der Waals surface area contributed by atoms with Crippen LogP contribution in [0.5, 0.6) is 11.6 Å². The van der Waals surface area contributed by atoms with E-state index < -0.39 is 23.3 Å². The Morgan fingerprint density at radius 1 is 1.31 bits per heavy atom. The Kier molecular flexibility index (Phi) is 4.81. The summed E-state index contributed by atoms with van der Waals surface area (Å²) < 4.78 is 5.91. The molecule has 26 heavy (non-hydrogen) atoms. The molecule has 0 radical (unpaired) electrons. The maximum Gasteiger partial charge on any atom is 0.306 e. The molecule has 2 N–H and O–H groups in total. The molecule has 1 atom stereocenters. The first-order valence-corrected chi connectivity index (χ1v) is 8.05. The molecule has 0 aliphatic rings. The van der Waals surface area contributed by atoms with E-state index >= 15 is 0 Å². The Bertz CT molecular complexity index is 1050. The molecular formula is C18H15ClN2O5. The summed E-state index contributed by atoms with van der Waals surface area (Å²) in [7, 11) is 1.23. The van der Waals surface area contributed by atoms with Crippen molar-refractivity contribution >= 4 is 23.2 Å². The Hall–Kier alpha value is -3.06. The van der Waals surface area contributed by atoms with E-state index in [1.54, 1.807) is 18.2 Å². The third-order valence-corrected chi connectivity index (χ3v) is 4.24. The van der Waals surface area contributed by atoms with Gasteiger partial charge < -0.3 is 14.9 Å². The SMILES string of the molecule is COC(=O)CC(c1cccc(O)c1)c1c(O)nc2ccc(Cl)cn2c1=O. The van der Waals surface area contributed by atoms with E-state index in [1.807, 2.05) is 0 Å². The molecule has 0 saturated carbocycles. The first-order chi connectivity index (χ1) is 12.4. The molecular weight excluding hydrogens is 360 g/mol. The number of phenols is 1. The molecule has 0 aliphatic heterocycles. The van der Waals surface area contributed by atoms with Crippen molar-refractivity contribution in [1.29, 1.82) is 0 Å². The maximum atomic E-state index is 13.0. The number of ether oxygens (including phenoxy) is 1. The minimum absolute atomic E-state index is 0.0336. The van der Waals surface area contributed by atoms with E-state index in [4.69, 9.17) is 16.3 Å². The number of carbonyl (C=O) groups excluding carboxylic acids is 1. The number of hydrogen-bond acceptors (Lipinski definition) is 6. The van der Waals surface area contributed by atoms with Crippen LogP contribution in [0.4, 0.5) is 0 Å². The number of esters is 1. The van der Waals surface area contributed by atoms with Crippen LogP contribution in [0.25, 0.3) is 5.65 Å². The number of hydrogen-bond donors (Lipinski definition) is 2. The zero-order valence-corrected chi connectivity index (χ0v) is 14.5. The Morgan fingerprint density at radius 2 is 2.08 bits per heavy atom. The summed E-state index contributed by atoms with van der Waals surface area (Å²) in [5.74, 6) is -1.96. The Morgan fingerprint density at radius 3 is 2.77 bits per heavy atom. The highest BCUT2D eigenvalue weighted by atomic mass is 35.5. The smallest absolute Gasteiger partial charge is 0.306 e. The van der Waals surface area contributed by atoms with E-state index in [0.717, 1.165) is 0 Å². The van der Waals surface area contributed by atoms with E-state index in [2.05, 4.69) is 4.98 Å². The predicted octanol–water partition coefficient (Wildman–Crippen LogP) is 2.45. The van der Waals surface area contributed by atoms with Crippen LogP contribution in [0, 0.1) is 0 Å². The van der Waals surface area contributed by atoms with Gasteiger partial charge in [0.15, 0.2) is 0 Å². The number of carbonyl (C=O) groups is 1. The van der Waals surface area contributed by atoms with Gasteiger partial charge in [0.05, 0.1) is 24.1 Å². The van der Waals surface area contributed by atoms with Crippen LogP contribution in [0.2, 0.25) is 5.02 Å². The van der Waals surface area contributed by atoms with Gasteiger partial charge in [0.1, 0.15) is 11.4 Å². The van der Waals surface area contributed by atoms with Crippen LogP contribution in [0.1, 0.15) is 23.5 Å². The van der Waals surface area contributed by atoms with Crippen LogP contribution in [-0.2, 0) is 9.53 Å². The molecule has 3 aromatic rings. The lowest BCUT2D eigenvalue weighted by Gasteiger charge is -2.18. The highest BCUT2D eigenvalue weighted by Crippen LogP contribution is 2.32. The van der Waals surface area contributed by atoms with Gasteiger partial charge in [-0.2, -0.15) is 4.98 Å². The van der Waals surface area contributed by atoms with Crippen molar-refractivity contribution in [3.63, 3.8) is 0 Å². The number of rotatable bonds is 4. The number of phenolic OH excluding ortho intramolecular Hbond substituents is 1. The van der Waals surface area contributed by atoms with Crippen molar-refractivity contribution in [2.45, 2.75) is 12.3 Å².